The van der Waals surface area contributed by atoms with E-state index in [0.29, 0.717) is 18.9 Å². The molecule has 16 heavy (non-hydrogen) atoms. The predicted molar refractivity (Wildman–Crippen MR) is 56.3 cm³/mol. The summed E-state index contributed by atoms with van der Waals surface area (Å²) in [5, 5.41) is 12.4. The van der Waals surface area contributed by atoms with Crippen LogP contribution in [0.4, 0.5) is 0 Å². The largest absolute Gasteiger partial charge is 0.389 e. The summed E-state index contributed by atoms with van der Waals surface area (Å²) in [5.74, 6) is 0.715. The van der Waals surface area contributed by atoms with E-state index in [1.807, 2.05) is 30.5 Å². The Morgan fingerprint density at radius 3 is 3.12 bits per heavy atom. The molecule has 2 heterocycles. The molecule has 2 aliphatic heterocycles. The summed E-state index contributed by atoms with van der Waals surface area (Å²) in [5.41, 5.74) is 1.34. The minimum Gasteiger partial charge on any atom is -0.389 e. The summed E-state index contributed by atoms with van der Waals surface area (Å²) in [6, 6.07) is 8.05. The summed E-state index contributed by atoms with van der Waals surface area (Å²) in [7, 11) is 0. The number of hydrogen-bond acceptors (Lipinski definition) is 4. The molecular formula is C12H10N2O2. The van der Waals surface area contributed by atoms with E-state index in [1.165, 1.54) is 0 Å². The van der Waals surface area contributed by atoms with E-state index in [2.05, 4.69) is 11.4 Å². The second-order valence-electron chi connectivity index (χ2n) is 3.93. The smallest absolute Gasteiger partial charge is 0.171 e. The van der Waals surface area contributed by atoms with Gasteiger partial charge < -0.3 is 10.2 Å². The van der Waals surface area contributed by atoms with Crippen molar-refractivity contribution in [2.24, 2.45) is 0 Å². The van der Waals surface area contributed by atoms with E-state index in [1.54, 1.807) is 0 Å². The number of nitriles is 1. The first-order valence-corrected chi connectivity index (χ1v) is 5.10. The molecule has 4 heteroatoms. The van der Waals surface area contributed by atoms with Gasteiger partial charge in [-0.05, 0) is 23.9 Å². The number of nitrogens with one attached hydrogen (secondary N) is 1. The van der Waals surface area contributed by atoms with E-state index < -0.39 is 5.41 Å². The SMILES string of the molecule is N#CC1(c2cccc3c2COO3)C=CNC1. The number of fused-ring (bicyclic) bond motifs is 1. The van der Waals surface area contributed by atoms with Crippen LogP contribution in [0.15, 0.2) is 30.5 Å². The maximum absolute atomic E-state index is 9.38. The first-order valence-electron chi connectivity index (χ1n) is 5.10. The lowest BCUT2D eigenvalue weighted by molar-refractivity contribution is -0.194. The third-order valence-electron chi connectivity index (χ3n) is 3.03. The molecule has 1 atom stereocenters. The Morgan fingerprint density at radius 2 is 2.38 bits per heavy atom. The van der Waals surface area contributed by atoms with Crippen molar-refractivity contribution in [3.05, 3.63) is 41.6 Å². The van der Waals surface area contributed by atoms with Gasteiger partial charge in [0.15, 0.2) is 5.75 Å². The van der Waals surface area contributed by atoms with Crippen molar-refractivity contribution in [3.8, 4) is 11.8 Å². The van der Waals surface area contributed by atoms with Crippen molar-refractivity contribution < 1.29 is 9.78 Å². The van der Waals surface area contributed by atoms with Crippen LogP contribution in [0.25, 0.3) is 0 Å². The second-order valence-corrected chi connectivity index (χ2v) is 3.93. The quantitative estimate of drug-likeness (QED) is 0.718. The van der Waals surface area contributed by atoms with E-state index in [9.17, 15) is 5.26 Å². The van der Waals surface area contributed by atoms with Crippen molar-refractivity contribution in [1.29, 1.82) is 5.26 Å². The average molecular weight is 214 g/mol. The molecule has 1 N–H and O–H groups in total. The summed E-state index contributed by atoms with van der Waals surface area (Å²) in [6.07, 6.45) is 3.71. The van der Waals surface area contributed by atoms with Crippen LogP contribution in [0.3, 0.4) is 0 Å². The fourth-order valence-corrected chi connectivity index (χ4v) is 2.16. The van der Waals surface area contributed by atoms with Crippen molar-refractivity contribution >= 4 is 0 Å². The van der Waals surface area contributed by atoms with Gasteiger partial charge in [0, 0.05) is 12.1 Å². The van der Waals surface area contributed by atoms with Gasteiger partial charge in [-0.25, -0.2) is 0 Å². The van der Waals surface area contributed by atoms with Gasteiger partial charge in [-0.1, -0.05) is 12.1 Å². The Hall–Kier alpha value is -1.99. The Bertz CT molecular complexity index is 504. The third kappa shape index (κ3) is 1.12. The maximum Gasteiger partial charge on any atom is 0.171 e. The van der Waals surface area contributed by atoms with Gasteiger partial charge in [0.25, 0.3) is 0 Å². The molecular weight excluding hydrogens is 204 g/mol. The number of hydrogen-bond donors (Lipinski definition) is 1. The Kier molecular flexibility index (Phi) is 1.88. The minimum atomic E-state index is -0.595. The van der Waals surface area contributed by atoms with E-state index in [-0.39, 0.29) is 0 Å². The van der Waals surface area contributed by atoms with Crippen molar-refractivity contribution in [1.82, 2.24) is 5.32 Å². The lowest BCUT2D eigenvalue weighted by Gasteiger charge is -2.20. The third-order valence-corrected chi connectivity index (χ3v) is 3.03. The first kappa shape index (κ1) is 9.25. The van der Waals surface area contributed by atoms with E-state index in [4.69, 9.17) is 9.78 Å². The van der Waals surface area contributed by atoms with Crippen LogP contribution < -0.4 is 10.2 Å². The van der Waals surface area contributed by atoms with Crippen LogP contribution in [0, 0.1) is 11.3 Å². The topological polar surface area (TPSA) is 54.3 Å². The number of benzene rings is 1. The number of rotatable bonds is 1. The molecule has 2 aliphatic rings. The van der Waals surface area contributed by atoms with Crippen LogP contribution in [0.5, 0.6) is 5.75 Å². The lowest BCUT2D eigenvalue weighted by Crippen LogP contribution is -2.28. The highest BCUT2D eigenvalue weighted by molar-refractivity contribution is 5.51. The van der Waals surface area contributed by atoms with Crippen LogP contribution in [-0.4, -0.2) is 6.54 Å². The van der Waals surface area contributed by atoms with Crippen LogP contribution >= 0.6 is 0 Å². The zero-order chi connectivity index (χ0) is 11.0. The molecule has 0 spiro atoms. The molecule has 0 aliphatic carbocycles. The molecule has 0 radical (unpaired) electrons. The summed E-state index contributed by atoms with van der Waals surface area (Å²) >= 11 is 0. The highest BCUT2D eigenvalue weighted by Gasteiger charge is 2.36. The molecule has 0 saturated heterocycles. The fraction of sp³-hybridized carbons (Fsp3) is 0.250. The normalized spacial score (nSPS) is 25.7. The highest BCUT2D eigenvalue weighted by Crippen LogP contribution is 2.37. The molecule has 0 fully saturated rings. The zero-order valence-electron chi connectivity index (χ0n) is 8.56. The van der Waals surface area contributed by atoms with Crippen LogP contribution in [0.1, 0.15) is 11.1 Å². The minimum absolute atomic E-state index is 0.406. The molecule has 1 unspecified atom stereocenters. The molecule has 1 aromatic carbocycles. The molecule has 0 aromatic heterocycles. The monoisotopic (exact) mass is 214 g/mol. The molecule has 0 saturated carbocycles. The summed E-state index contributed by atoms with van der Waals surface area (Å²) in [4.78, 5) is 9.99. The van der Waals surface area contributed by atoms with Crippen molar-refractivity contribution in [2.75, 3.05) is 6.54 Å². The van der Waals surface area contributed by atoms with Crippen LogP contribution in [-0.2, 0) is 16.9 Å². The average Bonchev–Trinajstić information content (AvgIpc) is 2.98. The van der Waals surface area contributed by atoms with Gasteiger partial charge in [0.05, 0.1) is 6.07 Å². The van der Waals surface area contributed by atoms with Gasteiger partial charge >= 0.3 is 0 Å². The standard InChI is InChI=1S/C12H10N2O2/c13-7-12(4-5-14-8-12)10-2-1-3-11-9(10)6-15-16-11/h1-5,14H,6,8H2. The first-order chi connectivity index (χ1) is 7.86. The van der Waals surface area contributed by atoms with Gasteiger partial charge in [-0.3, -0.25) is 0 Å². The van der Waals surface area contributed by atoms with E-state index in [0.717, 1.165) is 11.1 Å². The fourth-order valence-electron chi connectivity index (χ4n) is 2.16. The van der Waals surface area contributed by atoms with Gasteiger partial charge in [-0.15, -0.1) is 0 Å². The molecule has 3 rings (SSSR count). The van der Waals surface area contributed by atoms with Gasteiger partial charge in [0.2, 0.25) is 0 Å². The summed E-state index contributed by atoms with van der Waals surface area (Å²) in [6.45, 7) is 1.00. The Labute approximate surface area is 93.0 Å². The number of nitrogens with zero attached hydrogens (tertiary/aromatic N) is 1. The second kappa shape index (κ2) is 3.26. The van der Waals surface area contributed by atoms with Gasteiger partial charge in [0.1, 0.15) is 12.0 Å². The molecule has 0 amide bonds. The molecule has 1 aromatic rings. The lowest BCUT2D eigenvalue weighted by atomic mass is 9.80. The molecule has 4 nitrogen and oxygen atoms in total. The van der Waals surface area contributed by atoms with Crippen molar-refractivity contribution in [3.63, 3.8) is 0 Å². The van der Waals surface area contributed by atoms with Crippen LogP contribution in [0.2, 0.25) is 0 Å². The maximum atomic E-state index is 9.38. The summed E-state index contributed by atoms with van der Waals surface area (Å²) < 4.78 is 0. The molecule has 0 bridgehead atoms. The van der Waals surface area contributed by atoms with Crippen molar-refractivity contribution in [2.45, 2.75) is 12.0 Å². The van der Waals surface area contributed by atoms with Gasteiger partial charge in [-0.2, -0.15) is 10.1 Å². The Balaban J connectivity index is 2.17. The zero-order valence-corrected chi connectivity index (χ0v) is 8.56. The Morgan fingerprint density at radius 1 is 1.44 bits per heavy atom. The predicted octanol–water partition coefficient (Wildman–Crippen LogP) is 1.39. The van der Waals surface area contributed by atoms with E-state index >= 15 is 0 Å². The molecule has 80 valence electrons. The highest BCUT2D eigenvalue weighted by atomic mass is 17.2.